The first kappa shape index (κ1) is 23.8. The van der Waals surface area contributed by atoms with E-state index in [0.29, 0.717) is 55.6 Å². The molecule has 0 atom stereocenters. The number of rotatable bonds is 9. The number of amides is 2. The number of ether oxygens (including phenoxy) is 1. The number of halogens is 1. The summed E-state index contributed by atoms with van der Waals surface area (Å²) in [5.74, 6) is 5.43. The minimum absolute atomic E-state index is 0.0158. The molecular formula is C20H31ClN6O3. The molecule has 0 bridgehead atoms. The van der Waals surface area contributed by atoms with Gasteiger partial charge in [-0.25, -0.2) is 5.84 Å². The maximum atomic E-state index is 12.8. The summed E-state index contributed by atoms with van der Waals surface area (Å²) in [5.41, 5.74) is 3.46. The molecule has 1 aliphatic rings. The molecule has 1 fully saturated rings. The van der Waals surface area contributed by atoms with E-state index in [4.69, 9.17) is 22.2 Å². The van der Waals surface area contributed by atoms with Crippen LogP contribution in [0, 0.1) is 0 Å². The van der Waals surface area contributed by atoms with Crippen LogP contribution in [0.4, 0.5) is 5.69 Å². The Hall–Kier alpha value is -2.52. The lowest BCUT2D eigenvalue weighted by Crippen LogP contribution is -2.51. The fourth-order valence-corrected chi connectivity index (χ4v) is 3.43. The van der Waals surface area contributed by atoms with Crippen molar-refractivity contribution in [3.05, 3.63) is 23.2 Å². The first-order valence-corrected chi connectivity index (χ1v) is 10.5. The smallest absolute Gasteiger partial charge is 0.281 e. The number of piperazine rings is 1. The number of likely N-dealkylation sites (N-methyl/N-ethyl adjacent to an activating group) is 1. The van der Waals surface area contributed by atoms with Crippen molar-refractivity contribution < 1.29 is 14.3 Å². The Kier molecular flexibility index (Phi) is 9.19. The number of hydrazine groups is 1. The van der Waals surface area contributed by atoms with Crippen LogP contribution in [-0.4, -0.2) is 73.8 Å². The first-order chi connectivity index (χ1) is 14.4. The number of nitrogens with one attached hydrogen (secondary N) is 1. The van der Waals surface area contributed by atoms with Crippen LogP contribution in [0.25, 0.3) is 0 Å². The van der Waals surface area contributed by atoms with Gasteiger partial charge in [0.05, 0.1) is 12.1 Å². The van der Waals surface area contributed by atoms with Gasteiger partial charge in [0.25, 0.3) is 5.91 Å². The van der Waals surface area contributed by atoms with Crippen molar-refractivity contribution in [3.8, 4) is 5.75 Å². The summed E-state index contributed by atoms with van der Waals surface area (Å²) in [7, 11) is 1.59. The number of carbonyl (C=O) groups excluding carboxylic acids is 2. The number of hydrogen-bond acceptors (Lipinski definition) is 7. The lowest BCUT2D eigenvalue weighted by molar-refractivity contribution is -0.132. The third kappa shape index (κ3) is 6.24. The molecular weight excluding hydrogens is 408 g/mol. The fourth-order valence-electron chi connectivity index (χ4n) is 3.23. The highest BCUT2D eigenvalue weighted by Gasteiger charge is 2.23. The Morgan fingerprint density at radius 3 is 2.53 bits per heavy atom. The molecule has 0 unspecified atom stereocenters. The zero-order valence-corrected chi connectivity index (χ0v) is 18.6. The quantitative estimate of drug-likeness (QED) is 0.262. The van der Waals surface area contributed by atoms with E-state index in [-0.39, 0.29) is 12.5 Å². The maximum absolute atomic E-state index is 12.8. The van der Waals surface area contributed by atoms with Crippen molar-refractivity contribution in [2.75, 3.05) is 51.3 Å². The number of hydrogen-bond donors (Lipinski definition) is 2. The summed E-state index contributed by atoms with van der Waals surface area (Å²) in [4.78, 5) is 28.7. The summed E-state index contributed by atoms with van der Waals surface area (Å²) >= 11 is 6.10. The van der Waals surface area contributed by atoms with Crippen molar-refractivity contribution >= 4 is 34.8 Å². The zero-order valence-electron chi connectivity index (χ0n) is 17.9. The van der Waals surface area contributed by atoms with Gasteiger partial charge in [-0.15, -0.1) is 0 Å². The molecule has 0 aliphatic carbocycles. The van der Waals surface area contributed by atoms with Gasteiger partial charge in [-0.2, -0.15) is 5.10 Å². The molecule has 10 heteroatoms. The molecule has 0 radical (unpaired) electrons. The molecule has 2 amide bonds. The number of nitrogens with zero attached hydrogens (tertiary/aromatic N) is 4. The Balaban J connectivity index is 1.96. The van der Waals surface area contributed by atoms with Crippen molar-refractivity contribution in [2.45, 2.75) is 26.7 Å². The lowest BCUT2D eigenvalue weighted by Gasteiger charge is -2.37. The molecule has 1 aliphatic heterocycles. The molecule has 0 aromatic heterocycles. The minimum atomic E-state index is -0.422. The SMILES string of the molecule is CCC/C(=N\N(CC)CC(=O)N1CCN(c2ccc(Cl)c(OC)c2)CC1)C(=O)NN. The predicted octanol–water partition coefficient (Wildman–Crippen LogP) is 1.47. The molecule has 30 heavy (non-hydrogen) atoms. The van der Waals surface area contributed by atoms with E-state index in [9.17, 15) is 9.59 Å². The second-order valence-electron chi connectivity index (χ2n) is 6.94. The molecule has 1 heterocycles. The van der Waals surface area contributed by atoms with E-state index in [1.165, 1.54) is 0 Å². The Morgan fingerprint density at radius 1 is 1.27 bits per heavy atom. The number of carbonyl (C=O) groups is 2. The first-order valence-electron chi connectivity index (χ1n) is 10.1. The van der Waals surface area contributed by atoms with E-state index in [1.807, 2.05) is 36.9 Å². The van der Waals surface area contributed by atoms with Gasteiger partial charge in [-0.1, -0.05) is 24.9 Å². The summed E-state index contributed by atoms with van der Waals surface area (Å²) in [6, 6.07) is 5.68. The van der Waals surface area contributed by atoms with E-state index in [0.717, 1.165) is 12.1 Å². The molecule has 2 rings (SSSR count). The number of benzene rings is 1. The third-order valence-electron chi connectivity index (χ3n) is 4.96. The molecule has 1 saturated heterocycles. The summed E-state index contributed by atoms with van der Waals surface area (Å²) < 4.78 is 5.29. The van der Waals surface area contributed by atoms with Crippen LogP contribution in [0.3, 0.4) is 0 Å². The van der Waals surface area contributed by atoms with Crippen LogP contribution >= 0.6 is 11.6 Å². The second kappa shape index (κ2) is 11.6. The zero-order chi connectivity index (χ0) is 22.1. The largest absolute Gasteiger partial charge is 0.495 e. The van der Waals surface area contributed by atoms with Gasteiger partial charge in [0, 0.05) is 44.5 Å². The van der Waals surface area contributed by atoms with E-state index in [2.05, 4.69) is 15.4 Å². The maximum Gasteiger partial charge on any atom is 0.281 e. The van der Waals surface area contributed by atoms with Gasteiger partial charge in [0.1, 0.15) is 18.0 Å². The van der Waals surface area contributed by atoms with Crippen molar-refractivity contribution in [2.24, 2.45) is 10.9 Å². The van der Waals surface area contributed by atoms with Crippen molar-refractivity contribution in [3.63, 3.8) is 0 Å². The van der Waals surface area contributed by atoms with Crippen LogP contribution in [-0.2, 0) is 9.59 Å². The van der Waals surface area contributed by atoms with Crippen LogP contribution in [0.1, 0.15) is 26.7 Å². The number of hydrazone groups is 1. The monoisotopic (exact) mass is 438 g/mol. The number of anilines is 1. The minimum Gasteiger partial charge on any atom is -0.495 e. The predicted molar refractivity (Wildman–Crippen MR) is 119 cm³/mol. The average Bonchev–Trinajstić information content (AvgIpc) is 2.77. The highest BCUT2D eigenvalue weighted by molar-refractivity contribution is 6.38. The molecule has 1 aromatic carbocycles. The van der Waals surface area contributed by atoms with E-state index < -0.39 is 5.91 Å². The van der Waals surface area contributed by atoms with Gasteiger partial charge in [0.2, 0.25) is 5.91 Å². The van der Waals surface area contributed by atoms with Gasteiger partial charge < -0.3 is 14.5 Å². The molecule has 9 nitrogen and oxygen atoms in total. The Bertz CT molecular complexity index is 765. The Labute approximate surface area is 182 Å². The molecule has 3 N–H and O–H groups in total. The summed E-state index contributed by atoms with van der Waals surface area (Å²) in [5, 5.41) is 6.53. The average molecular weight is 439 g/mol. The van der Waals surface area contributed by atoms with Gasteiger partial charge >= 0.3 is 0 Å². The highest BCUT2D eigenvalue weighted by Crippen LogP contribution is 2.29. The third-order valence-corrected chi connectivity index (χ3v) is 5.27. The van der Waals surface area contributed by atoms with Crippen LogP contribution < -0.4 is 20.9 Å². The van der Waals surface area contributed by atoms with E-state index >= 15 is 0 Å². The van der Waals surface area contributed by atoms with E-state index in [1.54, 1.807) is 12.1 Å². The standard InChI is InChI=1S/C20H31ClN6O3/c1-4-6-17(20(29)23-22)24-27(5-2)14-19(28)26-11-9-25(10-12-26)15-7-8-16(21)18(13-15)30-3/h7-8,13H,4-6,9-12,14,22H2,1-3H3,(H,23,29)/b24-17+. The second-order valence-corrected chi connectivity index (χ2v) is 7.34. The van der Waals surface area contributed by atoms with Gasteiger partial charge in [-0.3, -0.25) is 20.0 Å². The normalized spacial score (nSPS) is 14.5. The lowest BCUT2D eigenvalue weighted by atomic mass is 10.2. The molecule has 0 spiro atoms. The van der Waals surface area contributed by atoms with Crippen LogP contribution in [0.15, 0.2) is 23.3 Å². The number of nitrogens with two attached hydrogens (primary N) is 1. The summed E-state index contributed by atoms with van der Waals surface area (Å²) in [6.07, 6.45) is 1.26. The summed E-state index contributed by atoms with van der Waals surface area (Å²) in [6.45, 7) is 7.12. The topological polar surface area (TPSA) is 104 Å². The van der Waals surface area contributed by atoms with Crippen molar-refractivity contribution in [1.82, 2.24) is 15.3 Å². The van der Waals surface area contributed by atoms with Crippen LogP contribution in [0.2, 0.25) is 5.02 Å². The fraction of sp³-hybridized carbons (Fsp3) is 0.550. The van der Waals surface area contributed by atoms with Gasteiger partial charge in [0.15, 0.2) is 0 Å². The molecule has 0 saturated carbocycles. The Morgan fingerprint density at radius 2 is 1.97 bits per heavy atom. The molecule has 166 valence electrons. The van der Waals surface area contributed by atoms with Crippen molar-refractivity contribution in [1.29, 1.82) is 0 Å². The highest BCUT2D eigenvalue weighted by atomic mass is 35.5. The van der Waals surface area contributed by atoms with Gasteiger partial charge in [-0.05, 0) is 25.5 Å². The van der Waals surface area contributed by atoms with Crippen LogP contribution in [0.5, 0.6) is 5.75 Å². The number of methoxy groups -OCH3 is 1. The molecule has 1 aromatic rings.